The Morgan fingerprint density at radius 1 is 1.24 bits per heavy atom. The summed E-state index contributed by atoms with van der Waals surface area (Å²) < 4.78 is 10.5. The number of hydrogen-bond donors (Lipinski definition) is 2. The molecule has 0 bridgehead atoms. The van der Waals surface area contributed by atoms with E-state index in [0.717, 1.165) is 44.8 Å². The maximum Gasteiger partial charge on any atom is 0.412 e. The SMILES string of the molecule is CNC(=O)Oc1ccccc1CCC(=O)NCCCN1CCOCC1. The predicted molar refractivity (Wildman–Crippen MR) is 94.7 cm³/mol. The largest absolute Gasteiger partial charge is 0.412 e. The van der Waals surface area contributed by atoms with E-state index < -0.39 is 6.09 Å². The van der Waals surface area contributed by atoms with Crippen LogP contribution in [0.2, 0.25) is 0 Å². The first-order valence-corrected chi connectivity index (χ1v) is 8.73. The van der Waals surface area contributed by atoms with Crippen molar-refractivity contribution in [3.05, 3.63) is 29.8 Å². The van der Waals surface area contributed by atoms with Gasteiger partial charge in [0.2, 0.25) is 5.91 Å². The van der Waals surface area contributed by atoms with Crippen molar-refractivity contribution in [1.29, 1.82) is 0 Å². The zero-order chi connectivity index (χ0) is 17.9. The molecule has 2 N–H and O–H groups in total. The van der Waals surface area contributed by atoms with E-state index in [2.05, 4.69) is 15.5 Å². The van der Waals surface area contributed by atoms with Gasteiger partial charge in [0.25, 0.3) is 0 Å². The highest BCUT2D eigenvalue weighted by Gasteiger charge is 2.11. The Morgan fingerprint density at radius 3 is 2.76 bits per heavy atom. The summed E-state index contributed by atoms with van der Waals surface area (Å²) in [4.78, 5) is 25.7. The Hall–Kier alpha value is -2.12. The highest BCUT2D eigenvalue weighted by Crippen LogP contribution is 2.19. The molecule has 1 fully saturated rings. The minimum atomic E-state index is -0.514. The van der Waals surface area contributed by atoms with Gasteiger partial charge in [0.1, 0.15) is 5.75 Å². The van der Waals surface area contributed by atoms with Crippen molar-refractivity contribution >= 4 is 12.0 Å². The van der Waals surface area contributed by atoms with Crippen LogP contribution >= 0.6 is 0 Å². The third-order valence-electron chi connectivity index (χ3n) is 4.08. The Balaban J connectivity index is 1.66. The van der Waals surface area contributed by atoms with Crippen LogP contribution in [0, 0.1) is 0 Å². The molecular formula is C18H27N3O4. The molecule has 1 aliphatic rings. The van der Waals surface area contributed by atoms with Crippen molar-refractivity contribution in [2.45, 2.75) is 19.3 Å². The standard InChI is InChI=1S/C18H27N3O4/c1-19-18(23)25-16-6-3-2-5-15(16)7-8-17(22)20-9-4-10-21-11-13-24-14-12-21/h2-3,5-6H,4,7-14H2,1H3,(H,19,23)(H,20,22). The predicted octanol–water partition coefficient (Wildman–Crippen LogP) is 1.18. The quantitative estimate of drug-likeness (QED) is 0.689. The monoisotopic (exact) mass is 349 g/mol. The van der Waals surface area contributed by atoms with E-state index in [1.807, 2.05) is 12.1 Å². The van der Waals surface area contributed by atoms with Crippen LogP contribution < -0.4 is 15.4 Å². The van der Waals surface area contributed by atoms with Crippen LogP contribution in [0.4, 0.5) is 4.79 Å². The number of ether oxygens (including phenoxy) is 2. The first-order chi connectivity index (χ1) is 12.2. The number of hydrogen-bond acceptors (Lipinski definition) is 5. The average Bonchev–Trinajstić information content (AvgIpc) is 2.65. The van der Waals surface area contributed by atoms with Crippen LogP contribution in [-0.4, -0.2) is 63.3 Å². The van der Waals surface area contributed by atoms with Gasteiger partial charge in [-0.3, -0.25) is 9.69 Å². The third-order valence-corrected chi connectivity index (χ3v) is 4.08. The van der Waals surface area contributed by atoms with Crippen LogP contribution in [0.15, 0.2) is 24.3 Å². The molecule has 1 aromatic carbocycles. The number of carbonyl (C=O) groups excluding carboxylic acids is 2. The molecule has 1 aromatic rings. The summed E-state index contributed by atoms with van der Waals surface area (Å²) in [7, 11) is 1.51. The van der Waals surface area contributed by atoms with E-state index in [0.29, 0.717) is 25.1 Å². The summed E-state index contributed by atoms with van der Waals surface area (Å²) in [6.45, 7) is 5.18. The van der Waals surface area contributed by atoms with Gasteiger partial charge in [-0.05, 0) is 31.0 Å². The number of morpholine rings is 1. The van der Waals surface area contributed by atoms with E-state index in [-0.39, 0.29) is 5.91 Å². The summed E-state index contributed by atoms with van der Waals surface area (Å²) in [5, 5.41) is 5.36. The minimum absolute atomic E-state index is 0.0109. The fraction of sp³-hybridized carbons (Fsp3) is 0.556. The van der Waals surface area contributed by atoms with Crippen molar-refractivity contribution in [1.82, 2.24) is 15.5 Å². The topological polar surface area (TPSA) is 79.9 Å². The zero-order valence-electron chi connectivity index (χ0n) is 14.8. The molecule has 0 aliphatic carbocycles. The summed E-state index contributed by atoms with van der Waals surface area (Å²) >= 11 is 0. The van der Waals surface area contributed by atoms with Crippen molar-refractivity contribution in [3.63, 3.8) is 0 Å². The van der Waals surface area contributed by atoms with E-state index in [1.165, 1.54) is 7.05 Å². The highest BCUT2D eigenvalue weighted by atomic mass is 16.6. The van der Waals surface area contributed by atoms with Crippen molar-refractivity contribution in [2.75, 3.05) is 46.4 Å². The summed E-state index contributed by atoms with van der Waals surface area (Å²) in [6.07, 6.45) is 1.32. The fourth-order valence-electron chi connectivity index (χ4n) is 2.65. The van der Waals surface area contributed by atoms with Crippen molar-refractivity contribution in [3.8, 4) is 5.75 Å². The summed E-state index contributed by atoms with van der Waals surface area (Å²) in [6, 6.07) is 7.26. The van der Waals surface area contributed by atoms with E-state index in [1.54, 1.807) is 12.1 Å². The average molecular weight is 349 g/mol. The molecule has 2 amide bonds. The lowest BCUT2D eigenvalue weighted by molar-refractivity contribution is -0.121. The van der Waals surface area contributed by atoms with Gasteiger partial charge in [-0.1, -0.05) is 18.2 Å². The molecule has 0 aromatic heterocycles. The number of amides is 2. The lowest BCUT2D eigenvalue weighted by Gasteiger charge is -2.26. The molecule has 0 radical (unpaired) electrons. The first kappa shape index (κ1) is 19.2. The van der Waals surface area contributed by atoms with Crippen molar-refractivity contribution < 1.29 is 19.1 Å². The number of aryl methyl sites for hydroxylation is 1. The lowest BCUT2D eigenvalue weighted by atomic mass is 10.1. The van der Waals surface area contributed by atoms with Gasteiger partial charge in [-0.15, -0.1) is 0 Å². The Kier molecular flexibility index (Phi) is 8.21. The maximum atomic E-state index is 12.0. The number of benzene rings is 1. The van der Waals surface area contributed by atoms with Gasteiger partial charge in [-0.2, -0.15) is 0 Å². The van der Waals surface area contributed by atoms with Crippen molar-refractivity contribution in [2.24, 2.45) is 0 Å². The van der Waals surface area contributed by atoms with Gasteiger partial charge in [-0.25, -0.2) is 4.79 Å². The van der Waals surface area contributed by atoms with Crippen LogP contribution in [0.5, 0.6) is 5.75 Å². The first-order valence-electron chi connectivity index (χ1n) is 8.73. The number of nitrogens with zero attached hydrogens (tertiary/aromatic N) is 1. The Labute approximate surface area is 148 Å². The van der Waals surface area contributed by atoms with Crippen LogP contribution in [-0.2, 0) is 16.0 Å². The Morgan fingerprint density at radius 2 is 2.00 bits per heavy atom. The summed E-state index contributed by atoms with van der Waals surface area (Å²) in [5.74, 6) is 0.499. The molecule has 1 saturated heterocycles. The van der Waals surface area contributed by atoms with Gasteiger partial charge in [0, 0.05) is 33.1 Å². The second-order valence-electron chi connectivity index (χ2n) is 5.90. The fourth-order valence-corrected chi connectivity index (χ4v) is 2.65. The van der Waals surface area contributed by atoms with E-state index in [4.69, 9.17) is 9.47 Å². The van der Waals surface area contributed by atoms with Crippen LogP contribution in [0.1, 0.15) is 18.4 Å². The minimum Gasteiger partial charge on any atom is -0.410 e. The van der Waals surface area contributed by atoms with Gasteiger partial charge >= 0.3 is 6.09 Å². The Bertz CT molecular complexity index is 559. The number of para-hydroxylation sites is 1. The molecule has 1 heterocycles. The molecule has 1 aliphatic heterocycles. The summed E-state index contributed by atoms with van der Waals surface area (Å²) in [5.41, 5.74) is 0.842. The molecule has 7 heteroatoms. The normalized spacial score (nSPS) is 14.8. The van der Waals surface area contributed by atoms with E-state index >= 15 is 0 Å². The molecule has 138 valence electrons. The van der Waals surface area contributed by atoms with Crippen LogP contribution in [0.3, 0.4) is 0 Å². The molecule has 25 heavy (non-hydrogen) atoms. The van der Waals surface area contributed by atoms with E-state index in [9.17, 15) is 9.59 Å². The zero-order valence-corrected chi connectivity index (χ0v) is 14.8. The maximum absolute atomic E-state index is 12.0. The molecular weight excluding hydrogens is 322 g/mol. The highest BCUT2D eigenvalue weighted by molar-refractivity contribution is 5.76. The molecule has 0 unspecified atom stereocenters. The molecule has 0 atom stereocenters. The number of carbonyl (C=O) groups is 2. The third kappa shape index (κ3) is 7.11. The molecule has 0 spiro atoms. The molecule has 2 rings (SSSR count). The van der Waals surface area contributed by atoms with Crippen LogP contribution in [0.25, 0.3) is 0 Å². The second-order valence-corrected chi connectivity index (χ2v) is 5.90. The second kappa shape index (κ2) is 10.7. The van der Waals surface area contributed by atoms with Gasteiger partial charge < -0.3 is 20.1 Å². The number of rotatable bonds is 8. The molecule has 7 nitrogen and oxygen atoms in total. The molecule has 0 saturated carbocycles. The van der Waals surface area contributed by atoms with Gasteiger partial charge in [0.05, 0.1) is 13.2 Å². The number of nitrogens with one attached hydrogen (secondary N) is 2. The smallest absolute Gasteiger partial charge is 0.410 e. The van der Waals surface area contributed by atoms with Gasteiger partial charge in [0.15, 0.2) is 0 Å². The lowest BCUT2D eigenvalue weighted by Crippen LogP contribution is -2.38.